The number of rotatable bonds is 7. The van der Waals surface area contributed by atoms with Crippen LogP contribution in [0.1, 0.15) is 34.5 Å². The molecule has 2 N–H and O–H groups in total. The van der Waals surface area contributed by atoms with Crippen LogP contribution < -0.4 is 5.32 Å². The van der Waals surface area contributed by atoms with E-state index < -0.39 is 5.97 Å². The Bertz CT molecular complexity index is 379. The average molecular weight is 237 g/mol. The lowest BCUT2D eigenvalue weighted by atomic mass is 10.2. The molecule has 0 aliphatic rings. The van der Waals surface area contributed by atoms with Gasteiger partial charge in [-0.2, -0.15) is 0 Å². The molecule has 0 aliphatic carbocycles. The van der Waals surface area contributed by atoms with Crippen LogP contribution in [0.25, 0.3) is 0 Å². The van der Waals surface area contributed by atoms with Crippen molar-refractivity contribution in [3.05, 3.63) is 21.9 Å². The van der Waals surface area contributed by atoms with Crippen molar-refractivity contribution >= 4 is 17.3 Å². The first kappa shape index (κ1) is 12.8. The SMILES string of the molecule is C#CCCCCNCc1ccsc1C(=O)O. The lowest BCUT2D eigenvalue weighted by molar-refractivity contribution is 0.0701. The Morgan fingerprint density at radius 3 is 3.06 bits per heavy atom. The fraction of sp³-hybridized carbons (Fsp3) is 0.417. The maximum absolute atomic E-state index is 10.8. The van der Waals surface area contributed by atoms with E-state index in [9.17, 15) is 4.79 Å². The van der Waals surface area contributed by atoms with Crippen molar-refractivity contribution in [3.63, 3.8) is 0 Å². The van der Waals surface area contributed by atoms with Crippen LogP contribution in [-0.4, -0.2) is 17.6 Å². The molecule has 0 saturated carbocycles. The lowest BCUT2D eigenvalue weighted by Crippen LogP contribution is -2.15. The highest BCUT2D eigenvalue weighted by Gasteiger charge is 2.10. The number of carbonyl (C=O) groups is 1. The van der Waals surface area contributed by atoms with Crippen LogP contribution in [0, 0.1) is 12.3 Å². The van der Waals surface area contributed by atoms with Gasteiger partial charge < -0.3 is 10.4 Å². The van der Waals surface area contributed by atoms with Crippen LogP contribution in [-0.2, 0) is 6.54 Å². The first-order valence-electron chi connectivity index (χ1n) is 5.19. The Labute approximate surface area is 99.5 Å². The number of thiophene rings is 1. The normalized spacial score (nSPS) is 9.94. The Morgan fingerprint density at radius 1 is 1.56 bits per heavy atom. The van der Waals surface area contributed by atoms with Crippen molar-refractivity contribution < 1.29 is 9.90 Å². The lowest BCUT2D eigenvalue weighted by Gasteiger charge is -2.03. The average Bonchev–Trinajstić information content (AvgIpc) is 2.71. The maximum atomic E-state index is 10.8. The molecule has 0 unspecified atom stereocenters. The highest BCUT2D eigenvalue weighted by molar-refractivity contribution is 7.12. The number of carboxylic acid groups (broad SMARTS) is 1. The van der Waals surface area contributed by atoms with Crippen molar-refractivity contribution in [1.29, 1.82) is 0 Å². The molecule has 3 nitrogen and oxygen atoms in total. The second-order valence-corrected chi connectivity index (χ2v) is 4.33. The van der Waals surface area contributed by atoms with E-state index in [1.54, 1.807) is 5.38 Å². The summed E-state index contributed by atoms with van der Waals surface area (Å²) in [5, 5.41) is 13.9. The molecule has 1 aromatic heterocycles. The van der Waals surface area contributed by atoms with Crippen molar-refractivity contribution in [2.45, 2.75) is 25.8 Å². The maximum Gasteiger partial charge on any atom is 0.346 e. The quantitative estimate of drug-likeness (QED) is 0.565. The predicted octanol–water partition coefficient (Wildman–Crippen LogP) is 2.34. The summed E-state index contributed by atoms with van der Waals surface area (Å²) in [6, 6.07) is 1.85. The molecule has 0 radical (unpaired) electrons. The largest absolute Gasteiger partial charge is 0.477 e. The zero-order chi connectivity index (χ0) is 11.8. The monoisotopic (exact) mass is 237 g/mol. The topological polar surface area (TPSA) is 49.3 Å². The third-order valence-corrected chi connectivity index (χ3v) is 3.13. The van der Waals surface area contributed by atoms with Gasteiger partial charge in [-0.05, 0) is 36.4 Å². The molecule has 0 amide bonds. The van der Waals surface area contributed by atoms with Crippen molar-refractivity contribution in [2.24, 2.45) is 0 Å². The molecule has 1 rings (SSSR count). The molecule has 0 saturated heterocycles. The molecular weight excluding hydrogens is 222 g/mol. The van der Waals surface area contributed by atoms with Crippen molar-refractivity contribution in [1.82, 2.24) is 5.32 Å². The number of carboxylic acids is 1. The molecule has 1 aromatic rings. The van der Waals surface area contributed by atoms with Gasteiger partial charge in [-0.25, -0.2) is 4.79 Å². The second-order valence-electron chi connectivity index (χ2n) is 3.42. The van der Waals surface area contributed by atoms with Crippen LogP contribution in [0.15, 0.2) is 11.4 Å². The first-order chi connectivity index (χ1) is 7.75. The third kappa shape index (κ3) is 4.05. The molecule has 0 bridgehead atoms. The van der Waals surface area contributed by atoms with Crippen LogP contribution in [0.5, 0.6) is 0 Å². The van der Waals surface area contributed by atoms with E-state index in [1.165, 1.54) is 11.3 Å². The van der Waals surface area contributed by atoms with Crippen LogP contribution >= 0.6 is 11.3 Å². The van der Waals surface area contributed by atoms with Crippen molar-refractivity contribution in [3.8, 4) is 12.3 Å². The number of aromatic carboxylic acids is 1. The molecule has 16 heavy (non-hydrogen) atoms. The van der Waals surface area contributed by atoms with Gasteiger partial charge in [-0.1, -0.05) is 0 Å². The smallest absolute Gasteiger partial charge is 0.346 e. The second kappa shape index (κ2) is 7.04. The Hall–Kier alpha value is -1.31. The number of hydrogen-bond donors (Lipinski definition) is 2. The van der Waals surface area contributed by atoms with E-state index in [1.807, 2.05) is 6.07 Å². The van der Waals surface area contributed by atoms with E-state index in [4.69, 9.17) is 11.5 Å². The fourth-order valence-corrected chi connectivity index (χ4v) is 2.12. The number of terminal acetylenes is 1. The third-order valence-electron chi connectivity index (χ3n) is 2.18. The summed E-state index contributed by atoms with van der Waals surface area (Å²) >= 11 is 1.26. The zero-order valence-corrected chi connectivity index (χ0v) is 9.85. The van der Waals surface area contributed by atoms with Gasteiger partial charge in [0.2, 0.25) is 0 Å². The minimum absolute atomic E-state index is 0.427. The molecule has 0 aromatic carbocycles. The highest BCUT2D eigenvalue weighted by Crippen LogP contribution is 2.16. The molecule has 86 valence electrons. The van der Waals surface area contributed by atoms with Gasteiger partial charge in [-0.15, -0.1) is 23.7 Å². The fourth-order valence-electron chi connectivity index (χ4n) is 1.36. The standard InChI is InChI=1S/C12H15NO2S/c1-2-3-4-5-7-13-9-10-6-8-16-11(10)12(14)15/h1,6,8,13H,3-5,7,9H2,(H,14,15). The Morgan fingerprint density at radius 2 is 2.38 bits per heavy atom. The van der Waals surface area contributed by atoms with Gasteiger partial charge in [0.15, 0.2) is 0 Å². The summed E-state index contributed by atoms with van der Waals surface area (Å²) in [5.41, 5.74) is 0.856. The van der Waals surface area contributed by atoms with Crippen LogP contribution in [0.4, 0.5) is 0 Å². The van der Waals surface area contributed by atoms with E-state index in [0.29, 0.717) is 11.4 Å². The van der Waals surface area contributed by atoms with Gasteiger partial charge in [0.25, 0.3) is 0 Å². The van der Waals surface area contributed by atoms with Gasteiger partial charge >= 0.3 is 5.97 Å². The minimum Gasteiger partial charge on any atom is -0.477 e. The zero-order valence-electron chi connectivity index (χ0n) is 9.03. The summed E-state index contributed by atoms with van der Waals surface area (Å²) in [7, 11) is 0. The number of hydrogen-bond acceptors (Lipinski definition) is 3. The molecule has 0 fully saturated rings. The van der Waals surface area contributed by atoms with E-state index in [-0.39, 0.29) is 0 Å². The highest BCUT2D eigenvalue weighted by atomic mass is 32.1. The van der Waals surface area contributed by atoms with Gasteiger partial charge in [0.1, 0.15) is 4.88 Å². The van der Waals surface area contributed by atoms with Crippen molar-refractivity contribution in [2.75, 3.05) is 6.54 Å². The molecule has 0 atom stereocenters. The predicted molar refractivity (Wildman–Crippen MR) is 65.7 cm³/mol. The summed E-state index contributed by atoms with van der Waals surface area (Å²) < 4.78 is 0. The molecule has 0 spiro atoms. The summed E-state index contributed by atoms with van der Waals surface area (Å²) in [4.78, 5) is 11.2. The van der Waals surface area contributed by atoms with Crippen LogP contribution in [0.2, 0.25) is 0 Å². The minimum atomic E-state index is -0.848. The number of unbranched alkanes of at least 4 members (excludes halogenated alkanes) is 2. The first-order valence-corrected chi connectivity index (χ1v) is 6.07. The molecular formula is C12H15NO2S. The van der Waals surface area contributed by atoms with Gasteiger partial charge in [0.05, 0.1) is 0 Å². The number of nitrogens with one attached hydrogen (secondary N) is 1. The summed E-state index contributed by atoms with van der Waals surface area (Å²) in [6.07, 6.45) is 7.98. The Kier molecular flexibility index (Phi) is 5.62. The van der Waals surface area contributed by atoms with E-state index >= 15 is 0 Å². The van der Waals surface area contributed by atoms with E-state index in [2.05, 4.69) is 11.2 Å². The Balaban J connectivity index is 2.24. The van der Waals surface area contributed by atoms with Gasteiger partial charge in [0, 0.05) is 13.0 Å². The summed E-state index contributed by atoms with van der Waals surface area (Å²) in [5.74, 6) is 1.74. The molecule has 4 heteroatoms. The van der Waals surface area contributed by atoms with Gasteiger partial charge in [-0.3, -0.25) is 0 Å². The molecule has 1 heterocycles. The van der Waals surface area contributed by atoms with Crippen LogP contribution in [0.3, 0.4) is 0 Å². The van der Waals surface area contributed by atoms with E-state index in [0.717, 1.165) is 31.4 Å². The summed E-state index contributed by atoms with van der Waals surface area (Å²) in [6.45, 7) is 1.48. The molecule has 0 aliphatic heterocycles.